The standard InChI is InChI=1S/C8H20N2/c1-2-3-4-5-8(6-9)7-10/h8H,2-7,9-10H2,1H3. The molecule has 0 amide bonds. The van der Waals surface area contributed by atoms with Crippen LogP contribution < -0.4 is 11.5 Å². The predicted molar refractivity (Wildman–Crippen MR) is 45.7 cm³/mol. The van der Waals surface area contributed by atoms with Gasteiger partial charge in [-0.05, 0) is 25.4 Å². The van der Waals surface area contributed by atoms with E-state index in [2.05, 4.69) is 6.92 Å². The molecule has 0 aliphatic heterocycles. The minimum Gasteiger partial charge on any atom is -0.330 e. The van der Waals surface area contributed by atoms with Crippen molar-refractivity contribution in [3.8, 4) is 0 Å². The maximum Gasteiger partial charge on any atom is -0.00368 e. The number of nitrogens with two attached hydrogens (primary N) is 2. The van der Waals surface area contributed by atoms with E-state index in [0.29, 0.717) is 5.92 Å². The fourth-order valence-electron chi connectivity index (χ4n) is 1.01. The van der Waals surface area contributed by atoms with Crippen LogP contribution in [0.15, 0.2) is 0 Å². The summed E-state index contributed by atoms with van der Waals surface area (Å²) < 4.78 is 0. The largest absolute Gasteiger partial charge is 0.330 e. The molecular formula is C8H20N2. The zero-order valence-corrected chi connectivity index (χ0v) is 6.97. The first kappa shape index (κ1) is 9.92. The van der Waals surface area contributed by atoms with Crippen molar-refractivity contribution >= 4 is 0 Å². The van der Waals surface area contributed by atoms with Crippen molar-refractivity contribution in [3.63, 3.8) is 0 Å². The predicted octanol–water partition coefficient (Wildman–Crippen LogP) is 1.10. The minimum absolute atomic E-state index is 0.562. The second-order valence-corrected chi connectivity index (χ2v) is 2.83. The van der Waals surface area contributed by atoms with Crippen LogP contribution in [0.5, 0.6) is 0 Å². The Morgan fingerprint density at radius 1 is 1.10 bits per heavy atom. The molecule has 0 spiro atoms. The summed E-state index contributed by atoms with van der Waals surface area (Å²) in [5, 5.41) is 0. The van der Waals surface area contributed by atoms with Crippen molar-refractivity contribution in [2.45, 2.75) is 32.6 Å². The van der Waals surface area contributed by atoms with E-state index in [1.54, 1.807) is 0 Å². The lowest BCUT2D eigenvalue weighted by Gasteiger charge is -2.10. The van der Waals surface area contributed by atoms with E-state index in [9.17, 15) is 0 Å². The molecule has 0 radical (unpaired) electrons. The molecule has 0 aromatic heterocycles. The lowest BCUT2D eigenvalue weighted by Crippen LogP contribution is -2.22. The second-order valence-electron chi connectivity index (χ2n) is 2.83. The molecule has 0 bridgehead atoms. The van der Waals surface area contributed by atoms with Gasteiger partial charge in [0.1, 0.15) is 0 Å². The third-order valence-corrected chi connectivity index (χ3v) is 1.88. The molecule has 0 atom stereocenters. The highest BCUT2D eigenvalue weighted by atomic mass is 14.6. The third-order valence-electron chi connectivity index (χ3n) is 1.88. The zero-order valence-electron chi connectivity index (χ0n) is 6.97. The Kier molecular flexibility index (Phi) is 6.98. The lowest BCUT2D eigenvalue weighted by atomic mass is 10.0. The molecule has 2 heteroatoms. The molecule has 10 heavy (non-hydrogen) atoms. The molecule has 0 saturated carbocycles. The number of hydrogen-bond acceptors (Lipinski definition) is 2. The second kappa shape index (κ2) is 7.03. The maximum atomic E-state index is 5.49. The van der Waals surface area contributed by atoms with Crippen LogP contribution in [0.3, 0.4) is 0 Å². The summed E-state index contributed by atoms with van der Waals surface area (Å²) in [6, 6.07) is 0. The Balaban J connectivity index is 3.09. The summed E-state index contributed by atoms with van der Waals surface area (Å²) in [5.41, 5.74) is 11.0. The highest BCUT2D eigenvalue weighted by Crippen LogP contribution is 2.06. The van der Waals surface area contributed by atoms with E-state index in [4.69, 9.17) is 11.5 Å². The van der Waals surface area contributed by atoms with Crippen LogP contribution in [0.4, 0.5) is 0 Å². The van der Waals surface area contributed by atoms with Gasteiger partial charge in [0.25, 0.3) is 0 Å². The van der Waals surface area contributed by atoms with Crippen LogP contribution in [0.1, 0.15) is 32.6 Å². The van der Waals surface area contributed by atoms with Crippen LogP contribution in [-0.4, -0.2) is 13.1 Å². The molecule has 4 N–H and O–H groups in total. The fourth-order valence-corrected chi connectivity index (χ4v) is 1.01. The number of hydrogen-bond donors (Lipinski definition) is 2. The van der Waals surface area contributed by atoms with Gasteiger partial charge < -0.3 is 11.5 Å². The molecule has 0 fully saturated rings. The Morgan fingerprint density at radius 2 is 1.70 bits per heavy atom. The molecule has 2 nitrogen and oxygen atoms in total. The Labute approximate surface area is 64.0 Å². The van der Waals surface area contributed by atoms with Crippen LogP contribution >= 0.6 is 0 Å². The van der Waals surface area contributed by atoms with E-state index in [-0.39, 0.29) is 0 Å². The Morgan fingerprint density at radius 3 is 2.10 bits per heavy atom. The fraction of sp³-hybridized carbons (Fsp3) is 1.00. The van der Waals surface area contributed by atoms with Gasteiger partial charge in [0.05, 0.1) is 0 Å². The van der Waals surface area contributed by atoms with E-state index in [1.165, 1.54) is 25.7 Å². The first-order valence-electron chi connectivity index (χ1n) is 4.25. The van der Waals surface area contributed by atoms with Crippen molar-refractivity contribution < 1.29 is 0 Å². The average Bonchev–Trinajstić information content (AvgIpc) is 1.99. The van der Waals surface area contributed by atoms with Crippen molar-refractivity contribution in [2.24, 2.45) is 17.4 Å². The van der Waals surface area contributed by atoms with E-state index < -0.39 is 0 Å². The van der Waals surface area contributed by atoms with Gasteiger partial charge in [-0.1, -0.05) is 26.2 Å². The zero-order chi connectivity index (χ0) is 7.82. The van der Waals surface area contributed by atoms with Crippen LogP contribution in [0.2, 0.25) is 0 Å². The molecule has 0 aliphatic rings. The van der Waals surface area contributed by atoms with Gasteiger partial charge in [0.15, 0.2) is 0 Å². The highest BCUT2D eigenvalue weighted by molar-refractivity contribution is 4.59. The van der Waals surface area contributed by atoms with Crippen molar-refractivity contribution in [3.05, 3.63) is 0 Å². The van der Waals surface area contributed by atoms with Crippen molar-refractivity contribution in [1.82, 2.24) is 0 Å². The Bertz CT molecular complexity index is 60.3. The average molecular weight is 144 g/mol. The van der Waals surface area contributed by atoms with Crippen LogP contribution in [0, 0.1) is 5.92 Å². The molecular weight excluding hydrogens is 124 g/mol. The monoisotopic (exact) mass is 144 g/mol. The molecule has 0 aromatic carbocycles. The van der Waals surface area contributed by atoms with Crippen LogP contribution in [0.25, 0.3) is 0 Å². The number of unbranched alkanes of at least 4 members (excludes halogenated alkanes) is 2. The summed E-state index contributed by atoms with van der Waals surface area (Å²) in [6.45, 7) is 3.71. The molecule has 0 aliphatic carbocycles. The molecule has 0 unspecified atom stereocenters. The smallest absolute Gasteiger partial charge is 0.00368 e. The van der Waals surface area contributed by atoms with Crippen molar-refractivity contribution in [1.29, 1.82) is 0 Å². The SMILES string of the molecule is CCCCCC(CN)CN. The third kappa shape index (κ3) is 4.77. The summed E-state index contributed by atoms with van der Waals surface area (Å²) in [5.74, 6) is 0.562. The summed E-state index contributed by atoms with van der Waals surface area (Å²) in [7, 11) is 0. The van der Waals surface area contributed by atoms with E-state index >= 15 is 0 Å². The quantitative estimate of drug-likeness (QED) is 0.548. The van der Waals surface area contributed by atoms with Gasteiger partial charge in [0, 0.05) is 0 Å². The summed E-state index contributed by atoms with van der Waals surface area (Å²) in [6.07, 6.45) is 5.09. The minimum atomic E-state index is 0.562. The molecule has 0 saturated heterocycles. The van der Waals surface area contributed by atoms with Gasteiger partial charge in [-0.2, -0.15) is 0 Å². The van der Waals surface area contributed by atoms with Gasteiger partial charge in [-0.15, -0.1) is 0 Å². The summed E-state index contributed by atoms with van der Waals surface area (Å²) >= 11 is 0. The summed E-state index contributed by atoms with van der Waals surface area (Å²) in [4.78, 5) is 0. The number of rotatable bonds is 6. The maximum absolute atomic E-state index is 5.49. The topological polar surface area (TPSA) is 52.0 Å². The normalized spacial score (nSPS) is 10.8. The van der Waals surface area contributed by atoms with Crippen LogP contribution in [-0.2, 0) is 0 Å². The van der Waals surface area contributed by atoms with Gasteiger partial charge >= 0.3 is 0 Å². The molecule has 0 aromatic rings. The van der Waals surface area contributed by atoms with Gasteiger partial charge in [-0.25, -0.2) is 0 Å². The first-order chi connectivity index (χ1) is 4.85. The highest BCUT2D eigenvalue weighted by Gasteiger charge is 2.01. The van der Waals surface area contributed by atoms with E-state index in [1.807, 2.05) is 0 Å². The van der Waals surface area contributed by atoms with Gasteiger partial charge in [0.2, 0.25) is 0 Å². The molecule has 0 heterocycles. The molecule has 0 rings (SSSR count). The molecule has 62 valence electrons. The Hall–Kier alpha value is -0.0800. The van der Waals surface area contributed by atoms with Gasteiger partial charge in [-0.3, -0.25) is 0 Å². The first-order valence-corrected chi connectivity index (χ1v) is 4.25. The lowest BCUT2D eigenvalue weighted by molar-refractivity contribution is 0.476. The van der Waals surface area contributed by atoms with E-state index in [0.717, 1.165) is 13.1 Å². The van der Waals surface area contributed by atoms with Crippen molar-refractivity contribution in [2.75, 3.05) is 13.1 Å².